The summed E-state index contributed by atoms with van der Waals surface area (Å²) in [6.45, 7) is 5.04. The molecule has 0 aromatic heterocycles. The maximum Gasteiger partial charge on any atom is 0.328 e. The number of fused-ring (bicyclic) bond motifs is 2. The zero-order valence-electron chi connectivity index (χ0n) is 20.3. The monoisotopic (exact) mass is 521 g/mol. The molecule has 2 fully saturated rings. The third kappa shape index (κ3) is 6.76. The largest absolute Gasteiger partial charge is 0.492 e. The maximum absolute atomic E-state index is 12.9. The number of aliphatic carboxylic acids is 2. The van der Waals surface area contributed by atoms with Gasteiger partial charge in [0.1, 0.15) is 5.75 Å². The number of carboxylic acids is 2. The number of rotatable bonds is 7. The van der Waals surface area contributed by atoms with E-state index in [1.165, 1.54) is 45.7 Å². The highest BCUT2D eigenvalue weighted by Gasteiger charge is 2.43. The van der Waals surface area contributed by atoms with Crippen molar-refractivity contribution in [2.75, 3.05) is 31.6 Å². The zero-order valence-corrected chi connectivity index (χ0v) is 21.0. The van der Waals surface area contributed by atoms with Gasteiger partial charge in [-0.05, 0) is 64.1 Å². The van der Waals surface area contributed by atoms with Crippen LogP contribution in [-0.2, 0) is 20.8 Å². The second-order valence-corrected chi connectivity index (χ2v) is 9.56. The van der Waals surface area contributed by atoms with E-state index in [0.29, 0.717) is 47.3 Å². The number of halogens is 1. The first kappa shape index (κ1) is 27.5. The Morgan fingerprint density at radius 1 is 1.11 bits per heavy atom. The van der Waals surface area contributed by atoms with Crippen LogP contribution in [0, 0.1) is 0 Å². The molecule has 4 rings (SSSR count). The van der Waals surface area contributed by atoms with Gasteiger partial charge in [0.15, 0.2) is 0 Å². The number of benzene rings is 1. The molecule has 0 spiro atoms. The molecule has 0 bridgehead atoms. The topological polar surface area (TPSA) is 145 Å². The summed E-state index contributed by atoms with van der Waals surface area (Å²) >= 11 is 6.41. The van der Waals surface area contributed by atoms with Gasteiger partial charge in [-0.3, -0.25) is 14.5 Å². The molecular formula is C25H32ClN3O7. The minimum absolute atomic E-state index is 0.159. The van der Waals surface area contributed by atoms with Crippen molar-refractivity contribution >= 4 is 41.0 Å². The van der Waals surface area contributed by atoms with E-state index in [1.54, 1.807) is 6.07 Å². The summed E-state index contributed by atoms with van der Waals surface area (Å²) in [4.78, 5) is 46.2. The fourth-order valence-corrected chi connectivity index (χ4v) is 5.54. The highest BCUT2D eigenvalue weighted by Crippen LogP contribution is 2.42. The highest BCUT2D eigenvalue weighted by molar-refractivity contribution is 6.34. The molecule has 0 atom stereocenters. The summed E-state index contributed by atoms with van der Waals surface area (Å²) < 4.78 is 5.82. The van der Waals surface area contributed by atoms with Crippen molar-refractivity contribution in [2.45, 2.75) is 57.4 Å². The number of carboxylic acid groups (broad SMARTS) is 2. The number of amides is 2. The van der Waals surface area contributed by atoms with Gasteiger partial charge in [0, 0.05) is 36.7 Å². The molecule has 11 heteroatoms. The lowest BCUT2D eigenvalue weighted by molar-refractivity contribution is -0.134. The Balaban J connectivity index is 0.000000392. The first-order chi connectivity index (χ1) is 17.1. The standard InChI is InChI=1S/C21H28ClN3O3.C4H4O4/c1-14(26)24-18-15-5-2-12-28-19(15)16(13-17(18)22)20(27)23-9-8-21-6-3-10-25(21)11-4-7-21;5-3(6)1-2-4(7)8/h13H,2-12H2,1H3,(H,23,27)(H,24,26);1-2H,(H,5,6)(H,7,8). The van der Waals surface area contributed by atoms with E-state index >= 15 is 0 Å². The number of ether oxygens (including phenoxy) is 1. The molecule has 4 N–H and O–H groups in total. The number of carbonyl (C=O) groups is 4. The van der Waals surface area contributed by atoms with Gasteiger partial charge in [-0.25, -0.2) is 9.59 Å². The molecule has 3 aliphatic heterocycles. The van der Waals surface area contributed by atoms with Crippen LogP contribution in [0.1, 0.15) is 61.4 Å². The van der Waals surface area contributed by atoms with Crippen LogP contribution in [0.3, 0.4) is 0 Å². The average Bonchev–Trinajstić information content (AvgIpc) is 3.40. The van der Waals surface area contributed by atoms with E-state index in [0.717, 1.165) is 24.8 Å². The van der Waals surface area contributed by atoms with E-state index in [9.17, 15) is 19.2 Å². The molecular weight excluding hydrogens is 490 g/mol. The summed E-state index contributed by atoms with van der Waals surface area (Å²) in [7, 11) is 0. The quantitative estimate of drug-likeness (QED) is 0.400. The van der Waals surface area contributed by atoms with E-state index in [-0.39, 0.29) is 17.4 Å². The first-order valence-electron chi connectivity index (χ1n) is 12.1. The average molecular weight is 522 g/mol. The van der Waals surface area contributed by atoms with E-state index < -0.39 is 11.9 Å². The summed E-state index contributed by atoms with van der Waals surface area (Å²) in [5, 5.41) is 21.9. The second kappa shape index (κ2) is 12.2. The molecule has 3 aliphatic rings. The maximum atomic E-state index is 12.9. The van der Waals surface area contributed by atoms with Crippen molar-refractivity contribution in [3.63, 3.8) is 0 Å². The molecule has 0 aliphatic carbocycles. The van der Waals surface area contributed by atoms with Gasteiger partial charge in [0.2, 0.25) is 5.91 Å². The van der Waals surface area contributed by atoms with Crippen molar-refractivity contribution < 1.29 is 34.1 Å². The Morgan fingerprint density at radius 3 is 2.33 bits per heavy atom. The van der Waals surface area contributed by atoms with Crippen molar-refractivity contribution in [3.8, 4) is 5.75 Å². The van der Waals surface area contributed by atoms with Gasteiger partial charge in [-0.1, -0.05) is 11.6 Å². The molecule has 0 saturated carbocycles. The Bertz CT molecular complexity index is 1030. The lowest BCUT2D eigenvalue weighted by Crippen LogP contribution is -2.41. The molecule has 196 valence electrons. The third-order valence-electron chi connectivity index (χ3n) is 6.75. The van der Waals surface area contributed by atoms with Crippen LogP contribution >= 0.6 is 11.6 Å². The number of hydrogen-bond donors (Lipinski definition) is 4. The smallest absolute Gasteiger partial charge is 0.328 e. The van der Waals surface area contributed by atoms with Crippen molar-refractivity contribution in [1.82, 2.24) is 10.2 Å². The predicted molar refractivity (Wildman–Crippen MR) is 134 cm³/mol. The van der Waals surface area contributed by atoms with E-state index in [2.05, 4.69) is 15.5 Å². The number of anilines is 1. The fraction of sp³-hybridized carbons (Fsp3) is 0.520. The van der Waals surface area contributed by atoms with Crippen LogP contribution in [0.25, 0.3) is 0 Å². The second-order valence-electron chi connectivity index (χ2n) is 9.16. The minimum atomic E-state index is -1.26. The van der Waals surface area contributed by atoms with Crippen molar-refractivity contribution in [3.05, 3.63) is 34.4 Å². The molecule has 10 nitrogen and oxygen atoms in total. The van der Waals surface area contributed by atoms with Gasteiger partial charge in [-0.2, -0.15) is 0 Å². The van der Waals surface area contributed by atoms with Gasteiger partial charge in [-0.15, -0.1) is 0 Å². The van der Waals surface area contributed by atoms with Crippen molar-refractivity contribution in [2.24, 2.45) is 0 Å². The van der Waals surface area contributed by atoms with E-state index in [1.807, 2.05) is 0 Å². The fourth-order valence-electron chi connectivity index (χ4n) is 5.27. The number of hydrogen-bond acceptors (Lipinski definition) is 6. The number of nitrogens with zero attached hydrogens (tertiary/aromatic N) is 1. The Kier molecular flexibility index (Phi) is 9.33. The molecule has 2 saturated heterocycles. The molecule has 2 amide bonds. The Hall–Kier alpha value is -3.11. The summed E-state index contributed by atoms with van der Waals surface area (Å²) in [6.07, 6.45) is 8.65. The lowest BCUT2D eigenvalue weighted by atomic mass is 9.90. The van der Waals surface area contributed by atoms with Crippen LogP contribution in [-0.4, -0.2) is 70.6 Å². The van der Waals surface area contributed by atoms with Crippen LogP contribution in [0.15, 0.2) is 18.2 Å². The molecule has 3 heterocycles. The SMILES string of the molecule is CC(=O)Nc1c(Cl)cc(C(=O)NCCC23CCCN2CCC3)c2c1CCCO2.O=C(O)C=CC(=O)O. The summed E-state index contributed by atoms with van der Waals surface area (Å²) in [5.41, 5.74) is 2.12. The number of nitrogens with one attached hydrogen (secondary N) is 2. The Morgan fingerprint density at radius 2 is 1.75 bits per heavy atom. The molecule has 0 radical (unpaired) electrons. The van der Waals surface area contributed by atoms with Crippen LogP contribution in [0.2, 0.25) is 5.02 Å². The molecule has 1 aromatic rings. The van der Waals surface area contributed by atoms with Crippen LogP contribution in [0.4, 0.5) is 5.69 Å². The minimum Gasteiger partial charge on any atom is -0.492 e. The summed E-state index contributed by atoms with van der Waals surface area (Å²) in [6, 6.07) is 1.61. The van der Waals surface area contributed by atoms with Crippen LogP contribution < -0.4 is 15.4 Å². The molecule has 36 heavy (non-hydrogen) atoms. The van der Waals surface area contributed by atoms with Gasteiger partial charge in [0.25, 0.3) is 5.91 Å². The number of carbonyl (C=O) groups excluding carboxylic acids is 2. The normalized spacial score (nSPS) is 17.8. The third-order valence-corrected chi connectivity index (χ3v) is 7.05. The lowest BCUT2D eigenvalue weighted by Gasteiger charge is -2.32. The molecule has 0 unspecified atom stereocenters. The van der Waals surface area contributed by atoms with E-state index in [4.69, 9.17) is 26.6 Å². The first-order valence-corrected chi connectivity index (χ1v) is 12.4. The van der Waals surface area contributed by atoms with Crippen LogP contribution in [0.5, 0.6) is 5.75 Å². The van der Waals surface area contributed by atoms with Gasteiger partial charge >= 0.3 is 11.9 Å². The summed E-state index contributed by atoms with van der Waals surface area (Å²) in [5.74, 6) is -2.31. The van der Waals surface area contributed by atoms with Gasteiger partial charge in [0.05, 0.1) is 22.9 Å². The van der Waals surface area contributed by atoms with Gasteiger partial charge < -0.3 is 25.6 Å². The van der Waals surface area contributed by atoms with Crippen molar-refractivity contribution in [1.29, 1.82) is 0 Å². The molecule has 1 aromatic carbocycles. The highest BCUT2D eigenvalue weighted by atomic mass is 35.5. The Labute approximate surface area is 214 Å². The predicted octanol–water partition coefficient (Wildman–Crippen LogP) is 3.08. The zero-order chi connectivity index (χ0) is 26.3.